The second kappa shape index (κ2) is 11.8. The van der Waals surface area contributed by atoms with Crippen molar-refractivity contribution in [3.8, 4) is 11.5 Å². The average molecular weight is 441 g/mol. The minimum Gasteiger partial charge on any atom is -0.490 e. The molecule has 0 aliphatic heterocycles. The van der Waals surface area contributed by atoms with Gasteiger partial charge in [0.1, 0.15) is 30.8 Å². The third-order valence-electron chi connectivity index (χ3n) is 3.91. The van der Waals surface area contributed by atoms with Crippen LogP contribution in [0.2, 0.25) is 0 Å². The molecule has 0 spiro atoms. The summed E-state index contributed by atoms with van der Waals surface area (Å²) in [6.45, 7) is 2.44. The van der Waals surface area contributed by atoms with Gasteiger partial charge < -0.3 is 14.8 Å². The molecular formula is C21H22F3NO6. The molecule has 0 aliphatic rings. The van der Waals surface area contributed by atoms with Crippen LogP contribution < -0.4 is 14.8 Å². The lowest BCUT2D eigenvalue weighted by atomic mass is 10.1. The predicted molar refractivity (Wildman–Crippen MR) is 103 cm³/mol. The highest BCUT2D eigenvalue weighted by atomic mass is 19.4. The third-order valence-corrected chi connectivity index (χ3v) is 3.91. The zero-order valence-corrected chi connectivity index (χ0v) is 16.7. The molecule has 2 aromatic carbocycles. The summed E-state index contributed by atoms with van der Waals surface area (Å²) in [5.41, 5.74) is 0.915. The average Bonchev–Trinajstić information content (AvgIpc) is 2.75. The van der Waals surface area contributed by atoms with Crippen molar-refractivity contribution >= 4 is 11.9 Å². The molecule has 0 radical (unpaired) electrons. The quantitative estimate of drug-likeness (QED) is 0.344. The van der Waals surface area contributed by atoms with E-state index in [2.05, 4.69) is 15.1 Å². The van der Waals surface area contributed by atoms with Gasteiger partial charge in [0.2, 0.25) is 0 Å². The fourth-order valence-electron chi connectivity index (χ4n) is 2.34. The number of carbonyl (C=O) groups is 2. The van der Waals surface area contributed by atoms with E-state index in [4.69, 9.17) is 9.47 Å². The molecule has 2 aromatic rings. The summed E-state index contributed by atoms with van der Waals surface area (Å²) in [6.07, 6.45) is -4.73. The van der Waals surface area contributed by atoms with E-state index in [1.807, 2.05) is 48.5 Å². The highest BCUT2D eigenvalue weighted by Crippen LogP contribution is 2.17. The lowest BCUT2D eigenvalue weighted by molar-refractivity contribution is -0.286. The van der Waals surface area contributed by atoms with Crippen molar-refractivity contribution in [2.75, 3.05) is 19.8 Å². The van der Waals surface area contributed by atoms with Gasteiger partial charge in [0, 0.05) is 0 Å². The second-order valence-electron chi connectivity index (χ2n) is 6.35. The van der Waals surface area contributed by atoms with Crippen molar-refractivity contribution in [3.05, 3.63) is 60.2 Å². The number of alkyl halides is 3. The van der Waals surface area contributed by atoms with Crippen LogP contribution >= 0.6 is 0 Å². The van der Waals surface area contributed by atoms with E-state index in [9.17, 15) is 22.8 Å². The number of benzene rings is 2. The van der Waals surface area contributed by atoms with Crippen molar-refractivity contribution in [2.24, 2.45) is 0 Å². The van der Waals surface area contributed by atoms with Gasteiger partial charge in [-0.15, -0.1) is 0 Å². The van der Waals surface area contributed by atoms with Crippen molar-refractivity contribution < 1.29 is 42.0 Å². The van der Waals surface area contributed by atoms with Gasteiger partial charge in [-0.05, 0) is 49.7 Å². The van der Waals surface area contributed by atoms with Gasteiger partial charge in [-0.25, -0.2) is 19.4 Å². The largest absolute Gasteiger partial charge is 0.495 e. The maximum absolute atomic E-state index is 12.0. The molecule has 0 saturated heterocycles. The van der Waals surface area contributed by atoms with Crippen molar-refractivity contribution in [3.63, 3.8) is 0 Å². The Kier molecular flexibility index (Phi) is 9.13. The minimum absolute atomic E-state index is 0.323. The summed E-state index contributed by atoms with van der Waals surface area (Å²) < 4.78 is 47.2. The van der Waals surface area contributed by atoms with Crippen molar-refractivity contribution in [1.29, 1.82) is 0 Å². The first-order valence-corrected chi connectivity index (χ1v) is 9.38. The molecule has 0 aromatic heterocycles. The van der Waals surface area contributed by atoms with Crippen molar-refractivity contribution in [1.82, 2.24) is 5.32 Å². The summed E-state index contributed by atoms with van der Waals surface area (Å²) in [6, 6.07) is 15.7. The Morgan fingerprint density at radius 2 is 1.58 bits per heavy atom. The Morgan fingerprint density at radius 3 is 2.26 bits per heavy atom. The van der Waals surface area contributed by atoms with Crippen LogP contribution in [0, 0.1) is 0 Å². The van der Waals surface area contributed by atoms with Gasteiger partial charge in [-0.2, -0.15) is 13.2 Å². The molecule has 10 heteroatoms. The molecule has 0 fully saturated rings. The number of hydrogen-bond acceptors (Lipinski definition) is 7. The Morgan fingerprint density at radius 1 is 0.935 bits per heavy atom. The molecule has 168 valence electrons. The fraction of sp³-hybridized carbons (Fsp3) is 0.333. The SMILES string of the molecule is C[C@H](NCCc1cccc(OCCOc2ccccc2)c1)C(=O)OOC(=O)C(F)(F)F. The summed E-state index contributed by atoms with van der Waals surface area (Å²) in [4.78, 5) is 29.4. The normalized spacial score (nSPS) is 12.0. The topological polar surface area (TPSA) is 83.1 Å². The Bertz CT molecular complexity index is 845. The van der Waals surface area contributed by atoms with E-state index in [1.165, 1.54) is 6.92 Å². The van der Waals surface area contributed by atoms with Crippen LogP contribution in [0.25, 0.3) is 0 Å². The van der Waals surface area contributed by atoms with Gasteiger partial charge in [-0.1, -0.05) is 30.3 Å². The van der Waals surface area contributed by atoms with Crippen LogP contribution in [0.15, 0.2) is 54.6 Å². The van der Waals surface area contributed by atoms with E-state index in [0.29, 0.717) is 31.9 Å². The number of nitrogens with one attached hydrogen (secondary N) is 1. The number of para-hydroxylation sites is 1. The van der Waals surface area contributed by atoms with Crippen LogP contribution in [0.1, 0.15) is 12.5 Å². The van der Waals surface area contributed by atoms with Gasteiger partial charge in [-0.3, -0.25) is 0 Å². The molecule has 0 bridgehead atoms. The van der Waals surface area contributed by atoms with Crippen LogP contribution in [0.5, 0.6) is 11.5 Å². The van der Waals surface area contributed by atoms with Gasteiger partial charge >= 0.3 is 18.1 Å². The van der Waals surface area contributed by atoms with E-state index in [1.54, 1.807) is 6.07 Å². The highest BCUT2D eigenvalue weighted by molar-refractivity contribution is 5.78. The molecule has 2 rings (SSSR count). The van der Waals surface area contributed by atoms with Crippen LogP contribution in [0.3, 0.4) is 0 Å². The summed E-state index contributed by atoms with van der Waals surface area (Å²) in [5, 5.41) is 2.78. The molecule has 0 heterocycles. The van der Waals surface area contributed by atoms with Gasteiger partial charge in [0.05, 0.1) is 0 Å². The zero-order valence-electron chi connectivity index (χ0n) is 16.7. The third kappa shape index (κ3) is 8.95. The monoisotopic (exact) mass is 441 g/mol. The van der Waals surface area contributed by atoms with E-state index in [0.717, 1.165) is 11.3 Å². The van der Waals surface area contributed by atoms with Crippen molar-refractivity contribution in [2.45, 2.75) is 25.6 Å². The maximum Gasteiger partial charge on any atom is 0.495 e. The molecule has 0 unspecified atom stereocenters. The number of ether oxygens (including phenoxy) is 2. The molecule has 31 heavy (non-hydrogen) atoms. The predicted octanol–water partition coefficient (Wildman–Crippen LogP) is 3.23. The van der Waals surface area contributed by atoms with Crippen LogP contribution in [-0.2, 0) is 25.8 Å². The lowest BCUT2D eigenvalue weighted by Gasteiger charge is -2.13. The lowest BCUT2D eigenvalue weighted by Crippen LogP contribution is -2.38. The first-order valence-electron chi connectivity index (χ1n) is 9.38. The first-order chi connectivity index (χ1) is 14.8. The number of rotatable bonds is 10. The summed E-state index contributed by atoms with van der Waals surface area (Å²) in [7, 11) is 0. The molecular weight excluding hydrogens is 419 g/mol. The zero-order chi connectivity index (χ0) is 22.7. The van der Waals surface area contributed by atoms with Crippen LogP contribution in [0.4, 0.5) is 13.2 Å². The summed E-state index contributed by atoms with van der Waals surface area (Å²) >= 11 is 0. The minimum atomic E-state index is -5.24. The fourth-order valence-corrected chi connectivity index (χ4v) is 2.34. The Balaban J connectivity index is 1.67. The Labute approximate surface area is 177 Å². The van der Waals surface area contributed by atoms with E-state index >= 15 is 0 Å². The maximum atomic E-state index is 12.0. The smallest absolute Gasteiger partial charge is 0.490 e. The number of hydrogen-bond donors (Lipinski definition) is 1. The van der Waals surface area contributed by atoms with Gasteiger partial charge in [0.15, 0.2) is 0 Å². The van der Waals surface area contributed by atoms with Gasteiger partial charge in [0.25, 0.3) is 0 Å². The van der Waals surface area contributed by atoms with E-state index < -0.39 is 24.2 Å². The molecule has 0 amide bonds. The van der Waals surface area contributed by atoms with Crippen LogP contribution in [-0.4, -0.2) is 43.9 Å². The summed E-state index contributed by atoms with van der Waals surface area (Å²) in [5.74, 6) is -2.33. The second-order valence-corrected chi connectivity index (χ2v) is 6.35. The number of carbonyl (C=O) groups excluding carboxylic acids is 2. The molecule has 1 atom stereocenters. The first kappa shape index (κ1) is 24.0. The molecule has 0 saturated carbocycles. The highest BCUT2D eigenvalue weighted by Gasteiger charge is 2.43. The standard InChI is InChI=1S/C21H22F3NO6/c1-15(19(26)30-31-20(27)21(22,23)24)25-11-10-16-6-5-9-18(14-16)29-13-12-28-17-7-3-2-4-8-17/h2-9,14-15,25H,10-13H2,1H3/t15-/m0/s1. The number of halogens is 3. The molecule has 0 aliphatic carbocycles. The molecule has 1 N–H and O–H groups in total. The van der Waals surface area contributed by atoms with E-state index in [-0.39, 0.29) is 0 Å². The molecule has 7 nitrogen and oxygen atoms in total. The Hall–Kier alpha value is -3.27.